The summed E-state index contributed by atoms with van der Waals surface area (Å²) in [5, 5.41) is 19.0. The van der Waals surface area contributed by atoms with E-state index in [-0.39, 0.29) is 0 Å². The Kier molecular flexibility index (Phi) is 3.36. The van der Waals surface area contributed by atoms with Gasteiger partial charge in [0.2, 0.25) is 4.77 Å². The van der Waals surface area contributed by atoms with Crippen LogP contribution in [0.3, 0.4) is 0 Å². The van der Waals surface area contributed by atoms with Gasteiger partial charge in [0.25, 0.3) is 5.95 Å². The predicted octanol–water partition coefficient (Wildman–Crippen LogP) is 0.972. The van der Waals surface area contributed by atoms with E-state index in [0.29, 0.717) is 16.3 Å². The van der Waals surface area contributed by atoms with Crippen LogP contribution in [0.1, 0.15) is 11.1 Å². The van der Waals surface area contributed by atoms with Crippen LogP contribution in [0.2, 0.25) is 0 Å². The smallest absolute Gasteiger partial charge is 0.262 e. The van der Waals surface area contributed by atoms with E-state index in [1.165, 1.54) is 4.68 Å². The van der Waals surface area contributed by atoms with Crippen LogP contribution in [0.25, 0.3) is 0 Å². The van der Waals surface area contributed by atoms with Gasteiger partial charge in [0, 0.05) is 0 Å². The molecule has 7 nitrogen and oxygen atoms in total. The van der Waals surface area contributed by atoms with Crippen molar-refractivity contribution in [3.63, 3.8) is 0 Å². The highest BCUT2D eigenvalue weighted by molar-refractivity contribution is 7.71. The molecule has 0 aliphatic rings. The SMILES string of the molecule is N#Cc1ccc(C=NNc2n[nH]c(=S)n2N)cc1. The van der Waals surface area contributed by atoms with Gasteiger partial charge in [0.05, 0.1) is 17.8 Å². The van der Waals surface area contributed by atoms with Gasteiger partial charge in [-0.3, -0.25) is 0 Å². The minimum absolute atomic E-state index is 0.297. The number of nitrogens with one attached hydrogen (secondary N) is 2. The van der Waals surface area contributed by atoms with E-state index in [9.17, 15) is 0 Å². The molecule has 8 heteroatoms. The fourth-order valence-electron chi connectivity index (χ4n) is 1.19. The highest BCUT2D eigenvalue weighted by Gasteiger charge is 1.99. The van der Waals surface area contributed by atoms with Gasteiger partial charge in [0.1, 0.15) is 0 Å². The van der Waals surface area contributed by atoms with Crippen molar-refractivity contribution in [1.82, 2.24) is 14.9 Å². The van der Waals surface area contributed by atoms with E-state index in [1.807, 2.05) is 6.07 Å². The van der Waals surface area contributed by atoms with Crippen molar-refractivity contribution in [2.45, 2.75) is 0 Å². The molecule has 0 amide bonds. The molecule has 18 heavy (non-hydrogen) atoms. The van der Waals surface area contributed by atoms with E-state index in [2.05, 4.69) is 20.7 Å². The maximum Gasteiger partial charge on any atom is 0.262 e. The molecule has 0 spiro atoms. The Labute approximate surface area is 108 Å². The first-order chi connectivity index (χ1) is 8.70. The molecule has 0 saturated heterocycles. The number of nitrogens with zero attached hydrogens (tertiary/aromatic N) is 4. The molecular formula is C10H9N7S. The van der Waals surface area contributed by atoms with Gasteiger partial charge in [0.15, 0.2) is 0 Å². The average molecular weight is 259 g/mol. The maximum absolute atomic E-state index is 8.65. The maximum atomic E-state index is 8.65. The first kappa shape index (κ1) is 11.8. The third kappa shape index (κ3) is 2.53. The van der Waals surface area contributed by atoms with Crippen molar-refractivity contribution >= 4 is 24.4 Å². The van der Waals surface area contributed by atoms with Crippen LogP contribution in [0.15, 0.2) is 29.4 Å². The number of hydrogen-bond acceptors (Lipinski definition) is 6. The molecule has 2 rings (SSSR count). The number of hydrazone groups is 1. The van der Waals surface area contributed by atoms with Crippen LogP contribution in [-0.2, 0) is 0 Å². The van der Waals surface area contributed by atoms with E-state index in [1.54, 1.807) is 30.5 Å². The summed E-state index contributed by atoms with van der Waals surface area (Å²) in [5.74, 6) is 5.88. The Morgan fingerprint density at radius 3 is 2.78 bits per heavy atom. The van der Waals surface area contributed by atoms with Gasteiger partial charge in [-0.25, -0.2) is 10.5 Å². The molecule has 0 unspecified atom stereocenters. The van der Waals surface area contributed by atoms with Gasteiger partial charge in [-0.2, -0.15) is 15.0 Å². The van der Waals surface area contributed by atoms with Crippen LogP contribution in [0, 0.1) is 16.1 Å². The second-order valence-electron chi connectivity index (χ2n) is 3.33. The van der Waals surface area contributed by atoms with Crippen molar-refractivity contribution in [2.75, 3.05) is 11.3 Å². The normalized spacial score (nSPS) is 10.4. The Bertz CT molecular complexity index is 659. The highest BCUT2D eigenvalue weighted by atomic mass is 32.1. The van der Waals surface area contributed by atoms with Gasteiger partial charge < -0.3 is 5.84 Å². The molecule has 0 aliphatic heterocycles. The van der Waals surface area contributed by atoms with Crippen molar-refractivity contribution in [3.8, 4) is 6.07 Å². The Balaban J connectivity index is 2.05. The average Bonchev–Trinajstić information content (AvgIpc) is 2.71. The first-order valence-electron chi connectivity index (χ1n) is 4.92. The van der Waals surface area contributed by atoms with E-state index in [0.717, 1.165) is 5.56 Å². The van der Waals surface area contributed by atoms with Gasteiger partial charge in [-0.05, 0) is 29.9 Å². The van der Waals surface area contributed by atoms with Crippen molar-refractivity contribution in [1.29, 1.82) is 5.26 Å². The summed E-state index contributed by atoms with van der Waals surface area (Å²) < 4.78 is 1.47. The second kappa shape index (κ2) is 5.11. The standard InChI is InChI=1S/C10H9N7S/c11-5-7-1-3-8(4-2-7)6-13-14-9-15-16-10(18)17(9)12/h1-4,6H,12H2,(H,14,15)(H,16,18). The minimum atomic E-state index is 0.297. The number of benzene rings is 1. The Hall–Kier alpha value is -2.66. The highest BCUT2D eigenvalue weighted by Crippen LogP contribution is 2.02. The lowest BCUT2D eigenvalue weighted by Gasteiger charge is -1.97. The number of aromatic amines is 1. The van der Waals surface area contributed by atoms with E-state index >= 15 is 0 Å². The zero-order chi connectivity index (χ0) is 13.0. The third-order valence-corrected chi connectivity index (χ3v) is 2.41. The molecule has 1 aromatic heterocycles. The first-order valence-corrected chi connectivity index (χ1v) is 5.33. The molecule has 0 atom stereocenters. The third-order valence-electron chi connectivity index (χ3n) is 2.12. The molecule has 1 heterocycles. The Morgan fingerprint density at radius 2 is 2.22 bits per heavy atom. The predicted molar refractivity (Wildman–Crippen MR) is 69.9 cm³/mol. The summed E-state index contributed by atoms with van der Waals surface area (Å²) in [6.07, 6.45) is 1.58. The van der Waals surface area contributed by atoms with Crippen LogP contribution >= 0.6 is 12.2 Å². The summed E-state index contributed by atoms with van der Waals surface area (Å²) in [4.78, 5) is 0. The summed E-state index contributed by atoms with van der Waals surface area (Å²) in [6.45, 7) is 0. The minimum Gasteiger partial charge on any atom is -0.334 e. The van der Waals surface area contributed by atoms with Crippen molar-refractivity contribution < 1.29 is 0 Å². The molecule has 4 N–H and O–H groups in total. The molecule has 0 radical (unpaired) electrons. The number of nitrogens with two attached hydrogens (primary N) is 1. The topological polar surface area (TPSA) is 108 Å². The van der Waals surface area contributed by atoms with E-state index in [4.69, 9.17) is 23.3 Å². The number of nitrogen functional groups attached to an aromatic ring is 1. The van der Waals surface area contributed by atoms with Crippen LogP contribution in [-0.4, -0.2) is 21.1 Å². The zero-order valence-corrected chi connectivity index (χ0v) is 9.98. The van der Waals surface area contributed by atoms with E-state index < -0.39 is 0 Å². The number of H-pyrrole nitrogens is 1. The lowest BCUT2D eigenvalue weighted by Crippen LogP contribution is -2.11. The zero-order valence-electron chi connectivity index (χ0n) is 9.16. The van der Waals surface area contributed by atoms with Crippen LogP contribution in [0.5, 0.6) is 0 Å². The molecule has 90 valence electrons. The molecule has 0 fully saturated rings. The fraction of sp³-hybridized carbons (Fsp3) is 0. The number of aromatic nitrogens is 3. The number of rotatable bonds is 3. The van der Waals surface area contributed by atoms with Crippen molar-refractivity contribution in [3.05, 3.63) is 40.2 Å². The van der Waals surface area contributed by atoms with Gasteiger partial charge in [-0.15, -0.1) is 5.10 Å². The van der Waals surface area contributed by atoms with Crippen LogP contribution < -0.4 is 11.3 Å². The van der Waals surface area contributed by atoms with Crippen LogP contribution in [0.4, 0.5) is 5.95 Å². The fourth-order valence-corrected chi connectivity index (χ4v) is 1.32. The summed E-state index contributed by atoms with van der Waals surface area (Å²) in [7, 11) is 0. The van der Waals surface area contributed by atoms with Gasteiger partial charge >= 0.3 is 0 Å². The summed E-state index contributed by atoms with van der Waals surface area (Å²) in [6, 6.07) is 9.02. The second-order valence-corrected chi connectivity index (χ2v) is 3.71. The lowest BCUT2D eigenvalue weighted by molar-refractivity contribution is 0.971. The molecule has 0 bridgehead atoms. The number of nitriles is 1. The summed E-state index contributed by atoms with van der Waals surface area (Å²) >= 11 is 4.84. The monoisotopic (exact) mass is 259 g/mol. The molecule has 1 aromatic carbocycles. The van der Waals surface area contributed by atoms with Crippen molar-refractivity contribution in [2.24, 2.45) is 5.10 Å². The largest absolute Gasteiger partial charge is 0.334 e. The van der Waals surface area contributed by atoms with Gasteiger partial charge in [-0.1, -0.05) is 12.1 Å². The number of anilines is 1. The Morgan fingerprint density at radius 1 is 1.50 bits per heavy atom. The lowest BCUT2D eigenvalue weighted by atomic mass is 10.2. The molecule has 0 saturated carbocycles. The summed E-state index contributed by atoms with van der Waals surface area (Å²) in [5.41, 5.74) is 4.09. The quantitative estimate of drug-likeness (QED) is 0.329. The molecule has 2 aromatic rings. The molecule has 0 aliphatic carbocycles. The number of hydrogen-bond donors (Lipinski definition) is 3. The molecular weight excluding hydrogens is 250 g/mol.